The fourth-order valence-electron chi connectivity index (χ4n) is 2.64. The topological polar surface area (TPSA) is 40.1 Å². The Morgan fingerprint density at radius 3 is 1.18 bits per heavy atom. The summed E-state index contributed by atoms with van der Waals surface area (Å²) < 4.78 is 0. The molecule has 0 aromatic carbocycles. The molecule has 0 unspecified atom stereocenters. The zero-order valence-corrected chi connectivity index (χ0v) is 16.6. The van der Waals surface area contributed by atoms with Gasteiger partial charge in [0.15, 0.2) is 0 Å². The summed E-state index contributed by atoms with van der Waals surface area (Å²) in [7, 11) is 0. The van der Waals surface area contributed by atoms with E-state index in [9.17, 15) is 9.90 Å². The molecule has 0 amide bonds. The Kier molecular flexibility index (Phi) is 31.8. The van der Waals surface area contributed by atoms with E-state index in [2.05, 4.69) is 6.92 Å². The Bertz CT molecular complexity index is 211. The summed E-state index contributed by atoms with van der Waals surface area (Å²) in [6, 6.07) is 0. The van der Waals surface area contributed by atoms with Crippen LogP contribution < -0.4 is 34.7 Å². The third-order valence-corrected chi connectivity index (χ3v) is 3.98. The molecule has 0 rings (SSSR count). The number of carbonyl (C=O) groups excluding carboxylic acids is 1. The van der Waals surface area contributed by atoms with Crippen LogP contribution >= 0.6 is 0 Å². The molecule has 0 spiro atoms. The number of hydrogen-bond acceptors (Lipinski definition) is 2. The summed E-state index contributed by atoms with van der Waals surface area (Å²) in [5.41, 5.74) is 0. The quantitative estimate of drug-likeness (QED) is 0.317. The molecular formula is C18H36Na2O2. The Morgan fingerprint density at radius 1 is 0.636 bits per heavy atom. The van der Waals surface area contributed by atoms with Crippen molar-refractivity contribution in [2.24, 2.45) is 0 Å². The Balaban J connectivity index is -0.00000180. The van der Waals surface area contributed by atoms with Crippen LogP contribution in [0.25, 0.3) is 0 Å². The maximum atomic E-state index is 10.2. The van der Waals surface area contributed by atoms with Crippen LogP contribution in [0.5, 0.6) is 0 Å². The van der Waals surface area contributed by atoms with Crippen LogP contribution in [0.15, 0.2) is 0 Å². The first-order chi connectivity index (χ1) is 9.77. The summed E-state index contributed by atoms with van der Waals surface area (Å²) in [6.45, 7) is 2.27. The molecule has 0 aromatic rings. The van der Waals surface area contributed by atoms with Crippen molar-refractivity contribution in [1.29, 1.82) is 0 Å². The van der Waals surface area contributed by atoms with Gasteiger partial charge in [-0.05, 0) is 12.8 Å². The van der Waals surface area contributed by atoms with Gasteiger partial charge in [0.25, 0.3) is 0 Å². The van der Waals surface area contributed by atoms with Crippen LogP contribution in [-0.4, -0.2) is 35.5 Å². The van der Waals surface area contributed by atoms with Gasteiger partial charge in [-0.2, -0.15) is 0 Å². The number of carboxylic acid groups (broad SMARTS) is 1. The molecule has 0 aliphatic carbocycles. The van der Waals surface area contributed by atoms with Crippen molar-refractivity contribution in [3.05, 3.63) is 0 Å². The molecule has 0 atom stereocenters. The molecule has 0 saturated heterocycles. The van der Waals surface area contributed by atoms with Gasteiger partial charge < -0.3 is 9.90 Å². The first-order valence-corrected chi connectivity index (χ1v) is 8.97. The fraction of sp³-hybridized carbons (Fsp3) is 0.944. The molecule has 0 N–H and O–H groups in total. The van der Waals surface area contributed by atoms with E-state index in [1.54, 1.807) is 0 Å². The zero-order chi connectivity index (χ0) is 14.9. The molecule has 0 aliphatic heterocycles. The van der Waals surface area contributed by atoms with Crippen molar-refractivity contribution in [2.45, 2.75) is 110 Å². The van der Waals surface area contributed by atoms with Crippen LogP contribution in [0.1, 0.15) is 110 Å². The van der Waals surface area contributed by atoms with Gasteiger partial charge in [-0.25, -0.2) is 0 Å². The van der Waals surface area contributed by atoms with Crippen molar-refractivity contribution in [2.75, 3.05) is 0 Å². The Morgan fingerprint density at radius 2 is 0.909 bits per heavy atom. The fourth-order valence-corrected chi connectivity index (χ4v) is 2.64. The van der Waals surface area contributed by atoms with E-state index >= 15 is 0 Å². The average molecular weight is 330 g/mol. The van der Waals surface area contributed by atoms with Gasteiger partial charge in [-0.3, -0.25) is 0 Å². The van der Waals surface area contributed by atoms with Crippen LogP contribution in [0.3, 0.4) is 0 Å². The van der Waals surface area contributed by atoms with E-state index in [0.29, 0.717) is 0 Å². The molecule has 0 aliphatic rings. The molecule has 0 bridgehead atoms. The zero-order valence-electron chi connectivity index (χ0n) is 14.6. The molecule has 0 radical (unpaired) electrons. The second-order valence-electron chi connectivity index (χ2n) is 6.07. The third kappa shape index (κ3) is 26.4. The normalized spacial score (nSPS) is 9.86. The summed E-state index contributed by atoms with van der Waals surface area (Å²) in [5.74, 6) is -0.903. The Labute approximate surface area is 183 Å². The van der Waals surface area contributed by atoms with Crippen LogP contribution in [0.2, 0.25) is 0 Å². The van der Waals surface area contributed by atoms with Gasteiger partial charge in [-0.15, -0.1) is 0 Å². The summed E-state index contributed by atoms with van der Waals surface area (Å²) >= 11 is 0. The number of rotatable bonds is 16. The van der Waals surface area contributed by atoms with E-state index in [1.807, 2.05) is 0 Å². The number of carbonyl (C=O) groups is 1. The van der Waals surface area contributed by atoms with Crippen molar-refractivity contribution >= 4 is 35.5 Å². The molecular weight excluding hydrogens is 294 g/mol. The van der Waals surface area contributed by atoms with E-state index in [0.717, 1.165) is 12.8 Å². The average Bonchev–Trinajstić information content (AvgIpc) is 2.43. The summed E-state index contributed by atoms with van der Waals surface area (Å²) in [6.07, 6.45) is 19.9. The van der Waals surface area contributed by atoms with E-state index in [4.69, 9.17) is 0 Å². The van der Waals surface area contributed by atoms with E-state index < -0.39 is 5.97 Å². The van der Waals surface area contributed by atoms with Gasteiger partial charge in [0.2, 0.25) is 0 Å². The van der Waals surface area contributed by atoms with Crippen LogP contribution in [-0.2, 0) is 4.79 Å². The molecule has 0 heterocycles. The van der Waals surface area contributed by atoms with Gasteiger partial charge in [-0.1, -0.05) is 96.8 Å². The molecule has 2 nitrogen and oxygen atoms in total. The molecule has 0 aromatic heterocycles. The van der Waals surface area contributed by atoms with E-state index in [-0.39, 0.29) is 65.5 Å². The van der Waals surface area contributed by atoms with Crippen molar-refractivity contribution < 1.29 is 39.5 Å². The molecule has 22 heavy (non-hydrogen) atoms. The monoisotopic (exact) mass is 330 g/mol. The molecule has 4 heteroatoms. The van der Waals surface area contributed by atoms with Crippen molar-refractivity contribution in [3.8, 4) is 0 Å². The van der Waals surface area contributed by atoms with Gasteiger partial charge in [0.1, 0.15) is 0 Å². The molecule has 0 saturated carbocycles. The number of unbranched alkanes of at least 4 members (excludes halogenated alkanes) is 14. The molecule has 0 fully saturated rings. The van der Waals surface area contributed by atoms with Crippen molar-refractivity contribution in [1.82, 2.24) is 0 Å². The number of aliphatic carboxylic acids is 1. The van der Waals surface area contributed by atoms with Crippen LogP contribution in [0.4, 0.5) is 0 Å². The second kappa shape index (κ2) is 24.7. The summed E-state index contributed by atoms with van der Waals surface area (Å²) in [4.78, 5) is 10.2. The van der Waals surface area contributed by atoms with Crippen LogP contribution in [0, 0.1) is 0 Å². The Hall–Kier alpha value is 1.47. The minimum atomic E-state index is -0.903. The first-order valence-electron chi connectivity index (χ1n) is 8.97. The SMILES string of the molecule is CCCCCCCCCCCCCCCCCC(=O)[O-].[Na+].[NaH]. The van der Waals surface area contributed by atoms with Crippen molar-refractivity contribution in [3.63, 3.8) is 0 Å². The number of carboxylic acids is 1. The third-order valence-electron chi connectivity index (χ3n) is 3.98. The van der Waals surface area contributed by atoms with Gasteiger partial charge >= 0.3 is 59.1 Å². The minimum absolute atomic E-state index is 0. The standard InChI is InChI=1S/C18H36O2.2Na.H/c1-2-3-4-5-6-7-8-9-10-11-12-13-14-15-16-17-18(19)20;;;/h2-17H2,1H3,(H,19,20);;;/q;;+1;/p-1. The second-order valence-corrected chi connectivity index (χ2v) is 6.07. The van der Waals surface area contributed by atoms with E-state index in [1.165, 1.54) is 83.5 Å². The van der Waals surface area contributed by atoms with Gasteiger partial charge in [0, 0.05) is 5.97 Å². The predicted molar refractivity (Wildman–Crippen MR) is 91.7 cm³/mol. The van der Waals surface area contributed by atoms with Gasteiger partial charge in [0.05, 0.1) is 0 Å². The number of hydrogen-bond donors (Lipinski definition) is 0. The molecule has 122 valence electrons. The predicted octanol–water partition coefficient (Wildman–Crippen LogP) is 1.35. The first kappa shape index (κ1) is 28.3. The summed E-state index contributed by atoms with van der Waals surface area (Å²) in [5, 5.41) is 10.2. The maximum absolute atomic E-state index is 10.2.